The summed E-state index contributed by atoms with van der Waals surface area (Å²) in [6.07, 6.45) is 0. The van der Waals surface area contributed by atoms with Crippen LogP contribution in [-0.2, 0) is 6.61 Å². The molecule has 0 saturated heterocycles. The van der Waals surface area contributed by atoms with Crippen molar-refractivity contribution in [1.29, 1.82) is 0 Å². The van der Waals surface area contributed by atoms with E-state index in [2.05, 4.69) is 0 Å². The van der Waals surface area contributed by atoms with Crippen molar-refractivity contribution in [1.82, 2.24) is 0 Å². The van der Waals surface area contributed by atoms with E-state index in [9.17, 15) is 17.6 Å². The Hall–Kier alpha value is -2.15. The monoisotopic (exact) mass is 315 g/mol. The zero-order chi connectivity index (χ0) is 15.6. The molecule has 0 amide bonds. The Morgan fingerprint density at radius 1 is 1.00 bits per heavy atom. The molecule has 0 aromatic heterocycles. The minimum absolute atomic E-state index is 0.120. The molecule has 0 aliphatic carbocycles. The zero-order valence-electron chi connectivity index (χ0n) is 10.5. The molecule has 0 unspecified atom stereocenters. The van der Waals surface area contributed by atoms with Gasteiger partial charge in [0, 0.05) is 11.6 Å². The zero-order valence-corrected chi connectivity index (χ0v) is 11.3. The number of benzene rings is 2. The SMILES string of the molecule is NC(=S)c1ccc(COc2c(F)c(F)cc(F)c2F)cc1. The summed E-state index contributed by atoms with van der Waals surface area (Å²) >= 11 is 4.77. The van der Waals surface area contributed by atoms with Gasteiger partial charge in [0.15, 0.2) is 17.4 Å². The highest BCUT2D eigenvalue weighted by Gasteiger charge is 2.20. The lowest BCUT2D eigenvalue weighted by atomic mass is 10.1. The lowest BCUT2D eigenvalue weighted by Crippen LogP contribution is -2.09. The van der Waals surface area contributed by atoms with E-state index in [1.807, 2.05) is 0 Å². The molecule has 0 saturated carbocycles. The van der Waals surface area contributed by atoms with Crippen LogP contribution in [0, 0.1) is 23.3 Å². The largest absolute Gasteiger partial charge is 0.483 e. The van der Waals surface area contributed by atoms with Crippen molar-refractivity contribution in [2.75, 3.05) is 0 Å². The van der Waals surface area contributed by atoms with Gasteiger partial charge in [-0.3, -0.25) is 0 Å². The fourth-order valence-electron chi connectivity index (χ4n) is 1.60. The van der Waals surface area contributed by atoms with Crippen LogP contribution in [0.25, 0.3) is 0 Å². The molecule has 0 bridgehead atoms. The summed E-state index contributed by atoms with van der Waals surface area (Å²) < 4.78 is 57.6. The maximum absolute atomic E-state index is 13.4. The van der Waals surface area contributed by atoms with Crippen molar-refractivity contribution in [3.63, 3.8) is 0 Å². The molecule has 0 fully saturated rings. The van der Waals surface area contributed by atoms with Gasteiger partial charge in [-0.05, 0) is 5.56 Å². The van der Waals surface area contributed by atoms with Gasteiger partial charge in [-0.25, -0.2) is 8.78 Å². The van der Waals surface area contributed by atoms with E-state index >= 15 is 0 Å². The summed E-state index contributed by atoms with van der Waals surface area (Å²) in [6, 6.07) is 6.45. The van der Waals surface area contributed by atoms with Crippen LogP contribution in [-0.4, -0.2) is 4.99 Å². The molecule has 21 heavy (non-hydrogen) atoms. The first-order valence-corrected chi connectivity index (χ1v) is 6.15. The van der Waals surface area contributed by atoms with Gasteiger partial charge in [0.1, 0.15) is 11.6 Å². The number of halogens is 4. The molecule has 0 spiro atoms. The second-order valence-corrected chi connectivity index (χ2v) is 4.59. The summed E-state index contributed by atoms with van der Waals surface area (Å²) in [5.74, 6) is -7.28. The van der Waals surface area contributed by atoms with Gasteiger partial charge in [0.05, 0.1) is 0 Å². The third kappa shape index (κ3) is 3.30. The van der Waals surface area contributed by atoms with Crippen LogP contribution in [0.2, 0.25) is 0 Å². The summed E-state index contributed by atoms with van der Waals surface area (Å²) in [5.41, 5.74) is 6.56. The lowest BCUT2D eigenvalue weighted by molar-refractivity contribution is 0.261. The number of hydrogen-bond donors (Lipinski definition) is 1. The quantitative estimate of drug-likeness (QED) is 0.533. The summed E-state index contributed by atoms with van der Waals surface area (Å²) in [4.78, 5) is 0.201. The number of nitrogens with two attached hydrogens (primary N) is 1. The minimum Gasteiger partial charge on any atom is -0.483 e. The maximum Gasteiger partial charge on any atom is 0.203 e. The van der Waals surface area contributed by atoms with Crippen LogP contribution in [0.4, 0.5) is 17.6 Å². The summed E-state index contributed by atoms with van der Waals surface area (Å²) in [7, 11) is 0. The topological polar surface area (TPSA) is 35.2 Å². The molecule has 7 heteroatoms. The lowest BCUT2D eigenvalue weighted by Gasteiger charge is -2.10. The molecule has 110 valence electrons. The highest BCUT2D eigenvalue weighted by Crippen LogP contribution is 2.27. The van der Waals surface area contributed by atoms with E-state index in [1.54, 1.807) is 24.3 Å². The first kappa shape index (κ1) is 15.2. The highest BCUT2D eigenvalue weighted by atomic mass is 32.1. The van der Waals surface area contributed by atoms with Crippen LogP contribution < -0.4 is 10.5 Å². The van der Waals surface area contributed by atoms with Crippen LogP contribution in [0.15, 0.2) is 30.3 Å². The Morgan fingerprint density at radius 3 is 2.00 bits per heavy atom. The van der Waals surface area contributed by atoms with Crippen LogP contribution in [0.1, 0.15) is 11.1 Å². The van der Waals surface area contributed by atoms with Gasteiger partial charge in [-0.2, -0.15) is 8.78 Å². The predicted molar refractivity (Wildman–Crippen MR) is 72.9 cm³/mol. The molecule has 0 aliphatic rings. The van der Waals surface area contributed by atoms with Crippen molar-refractivity contribution in [2.45, 2.75) is 6.61 Å². The minimum atomic E-state index is -1.58. The van der Waals surface area contributed by atoms with E-state index in [0.29, 0.717) is 11.1 Å². The van der Waals surface area contributed by atoms with Crippen LogP contribution in [0.5, 0.6) is 5.75 Å². The Morgan fingerprint density at radius 2 is 1.52 bits per heavy atom. The Bertz CT molecular complexity index is 662. The normalized spacial score (nSPS) is 10.5. The molecular formula is C14H9F4NOS. The van der Waals surface area contributed by atoms with Gasteiger partial charge < -0.3 is 10.5 Å². The van der Waals surface area contributed by atoms with Gasteiger partial charge in [-0.15, -0.1) is 0 Å². The number of rotatable bonds is 4. The van der Waals surface area contributed by atoms with Crippen molar-refractivity contribution in [2.24, 2.45) is 5.73 Å². The van der Waals surface area contributed by atoms with E-state index < -0.39 is 29.0 Å². The molecule has 2 aromatic carbocycles. The van der Waals surface area contributed by atoms with E-state index in [-0.39, 0.29) is 17.7 Å². The summed E-state index contributed by atoms with van der Waals surface area (Å²) in [6.45, 7) is -0.269. The highest BCUT2D eigenvalue weighted by molar-refractivity contribution is 7.80. The first-order valence-electron chi connectivity index (χ1n) is 5.74. The first-order chi connectivity index (χ1) is 9.90. The molecular weight excluding hydrogens is 306 g/mol. The molecule has 2 nitrogen and oxygen atoms in total. The molecule has 0 atom stereocenters. The van der Waals surface area contributed by atoms with Crippen LogP contribution >= 0.6 is 12.2 Å². The van der Waals surface area contributed by atoms with Crippen molar-refractivity contribution in [3.05, 3.63) is 64.7 Å². The smallest absolute Gasteiger partial charge is 0.203 e. The molecule has 0 radical (unpaired) electrons. The van der Waals surface area contributed by atoms with Gasteiger partial charge in [0.25, 0.3) is 0 Å². The average molecular weight is 315 g/mol. The van der Waals surface area contributed by atoms with E-state index in [0.717, 1.165) is 0 Å². The third-order valence-corrected chi connectivity index (χ3v) is 2.93. The van der Waals surface area contributed by atoms with Crippen molar-refractivity contribution >= 4 is 17.2 Å². The van der Waals surface area contributed by atoms with Crippen LogP contribution in [0.3, 0.4) is 0 Å². The molecule has 2 aromatic rings. The standard InChI is InChI=1S/C14H9F4NOS/c15-9-5-10(16)12(18)13(11(9)17)20-6-7-1-3-8(4-2-7)14(19)21/h1-5H,6H2,(H2,19,21). The number of thiocarbonyl (C=S) groups is 1. The Balaban J connectivity index is 2.18. The predicted octanol–water partition coefficient (Wildman–Crippen LogP) is 3.46. The summed E-state index contributed by atoms with van der Waals surface area (Å²) in [5, 5.41) is 0. The second kappa shape index (κ2) is 6.09. The Labute approximate surface area is 123 Å². The van der Waals surface area contributed by atoms with Gasteiger partial charge >= 0.3 is 0 Å². The maximum atomic E-state index is 13.4. The van der Waals surface area contributed by atoms with E-state index in [1.165, 1.54) is 0 Å². The number of hydrogen-bond acceptors (Lipinski definition) is 2. The van der Waals surface area contributed by atoms with E-state index in [4.69, 9.17) is 22.7 Å². The van der Waals surface area contributed by atoms with Gasteiger partial charge in [-0.1, -0.05) is 36.5 Å². The van der Waals surface area contributed by atoms with Gasteiger partial charge in [0.2, 0.25) is 11.6 Å². The molecule has 0 heterocycles. The Kier molecular flexibility index (Phi) is 4.42. The third-order valence-electron chi connectivity index (χ3n) is 2.69. The molecule has 2 N–H and O–H groups in total. The average Bonchev–Trinajstić information content (AvgIpc) is 2.45. The molecule has 0 aliphatic heterocycles. The van der Waals surface area contributed by atoms with Crippen molar-refractivity contribution < 1.29 is 22.3 Å². The van der Waals surface area contributed by atoms with Crippen molar-refractivity contribution in [3.8, 4) is 5.75 Å². The second-order valence-electron chi connectivity index (χ2n) is 4.15. The number of ether oxygens (including phenoxy) is 1. The fraction of sp³-hybridized carbons (Fsp3) is 0.0714. The fourth-order valence-corrected chi connectivity index (χ4v) is 1.73. The molecule has 2 rings (SSSR count).